The van der Waals surface area contributed by atoms with Gasteiger partial charge in [0, 0.05) is 37.6 Å². The van der Waals surface area contributed by atoms with E-state index in [4.69, 9.17) is 4.74 Å². The summed E-state index contributed by atoms with van der Waals surface area (Å²) in [6.45, 7) is 6.75. The standard InChI is InChI=1S/C23H28N6O/c1-22(5-6-22)30-16-3-4-18-17(11-16)21(27-26-18)19-12-20(25-15-24-19)29-9-7-23(8-10-29)13-28(2)14-23/h3-4,11-12,15H,5-10,13-14H2,1-2H3,(H,26,27). The summed E-state index contributed by atoms with van der Waals surface area (Å²) in [7, 11) is 2.21. The molecule has 0 unspecified atom stereocenters. The van der Waals surface area contributed by atoms with Gasteiger partial charge in [0.1, 0.15) is 23.5 Å². The number of nitrogens with zero attached hydrogens (tertiary/aromatic N) is 5. The van der Waals surface area contributed by atoms with Crippen molar-refractivity contribution < 1.29 is 4.74 Å². The predicted molar refractivity (Wildman–Crippen MR) is 117 cm³/mol. The van der Waals surface area contributed by atoms with Gasteiger partial charge in [0.15, 0.2) is 0 Å². The maximum atomic E-state index is 6.16. The van der Waals surface area contributed by atoms with Gasteiger partial charge in [-0.15, -0.1) is 0 Å². The molecule has 1 aliphatic carbocycles. The molecule has 1 N–H and O–H groups in total. The van der Waals surface area contributed by atoms with Gasteiger partial charge in [-0.25, -0.2) is 9.97 Å². The third-order valence-corrected chi connectivity index (χ3v) is 7.11. The fourth-order valence-electron chi connectivity index (χ4n) is 5.09. The Hall–Kier alpha value is -2.67. The van der Waals surface area contributed by atoms with Crippen molar-refractivity contribution in [2.75, 3.05) is 38.1 Å². The van der Waals surface area contributed by atoms with Crippen LogP contribution in [0.3, 0.4) is 0 Å². The largest absolute Gasteiger partial charge is 0.488 e. The van der Waals surface area contributed by atoms with Gasteiger partial charge in [0.2, 0.25) is 0 Å². The first-order valence-corrected chi connectivity index (χ1v) is 10.9. The Balaban J connectivity index is 1.26. The summed E-state index contributed by atoms with van der Waals surface area (Å²) in [6, 6.07) is 8.19. The first-order valence-electron chi connectivity index (χ1n) is 10.9. The predicted octanol–water partition coefficient (Wildman–Crippen LogP) is 3.48. The topological polar surface area (TPSA) is 70.2 Å². The summed E-state index contributed by atoms with van der Waals surface area (Å²) < 4.78 is 6.16. The molecular formula is C23H28N6O. The van der Waals surface area contributed by atoms with Crippen molar-refractivity contribution >= 4 is 16.7 Å². The van der Waals surface area contributed by atoms with E-state index >= 15 is 0 Å². The van der Waals surface area contributed by atoms with Crippen LogP contribution < -0.4 is 9.64 Å². The number of rotatable bonds is 4. The van der Waals surface area contributed by atoms with E-state index in [9.17, 15) is 0 Å². The molecule has 1 spiro atoms. The number of hydrogen-bond donors (Lipinski definition) is 1. The minimum atomic E-state index is 0.000527. The average Bonchev–Trinajstić information content (AvgIpc) is 3.30. The minimum absolute atomic E-state index is 0.000527. The van der Waals surface area contributed by atoms with E-state index in [2.05, 4.69) is 56.1 Å². The summed E-state index contributed by atoms with van der Waals surface area (Å²) in [5.41, 5.74) is 3.26. The molecule has 1 aromatic carbocycles. The van der Waals surface area contributed by atoms with Crippen molar-refractivity contribution in [1.29, 1.82) is 0 Å². The zero-order chi connectivity index (χ0) is 20.3. The van der Waals surface area contributed by atoms with Crippen molar-refractivity contribution in [3.05, 3.63) is 30.6 Å². The van der Waals surface area contributed by atoms with E-state index in [1.165, 1.54) is 25.9 Å². The van der Waals surface area contributed by atoms with Crippen LogP contribution in [-0.4, -0.2) is 63.9 Å². The van der Waals surface area contributed by atoms with E-state index < -0.39 is 0 Å². The first kappa shape index (κ1) is 18.1. The van der Waals surface area contributed by atoms with Crippen LogP contribution in [0.2, 0.25) is 0 Å². The second kappa shape index (κ2) is 6.41. The molecule has 2 aliphatic heterocycles. The molecule has 30 heavy (non-hydrogen) atoms. The highest BCUT2D eigenvalue weighted by Gasteiger charge is 2.43. The summed E-state index contributed by atoms with van der Waals surface area (Å²) in [5.74, 6) is 1.90. The highest BCUT2D eigenvalue weighted by Crippen LogP contribution is 2.42. The zero-order valence-electron chi connectivity index (χ0n) is 17.7. The molecular weight excluding hydrogens is 376 g/mol. The molecule has 3 aliphatic rings. The zero-order valence-corrected chi connectivity index (χ0v) is 17.7. The van der Waals surface area contributed by atoms with Crippen LogP contribution in [0.1, 0.15) is 32.6 Å². The van der Waals surface area contributed by atoms with E-state index in [0.717, 1.165) is 59.8 Å². The molecule has 0 atom stereocenters. The van der Waals surface area contributed by atoms with Crippen LogP contribution in [-0.2, 0) is 0 Å². The molecule has 156 valence electrons. The van der Waals surface area contributed by atoms with Crippen LogP contribution >= 0.6 is 0 Å². The Bertz CT molecular complexity index is 1090. The SMILES string of the molecule is CN1CC2(CCN(c3cc(-c4[nH]nc5ccc(OC6(C)CC6)cc45)ncn3)CC2)C1. The van der Waals surface area contributed by atoms with Gasteiger partial charge in [0.25, 0.3) is 0 Å². The average molecular weight is 405 g/mol. The van der Waals surface area contributed by atoms with Crippen molar-refractivity contribution in [3.63, 3.8) is 0 Å². The number of piperidine rings is 1. The van der Waals surface area contributed by atoms with Gasteiger partial charge in [-0.3, -0.25) is 5.10 Å². The number of likely N-dealkylation sites (tertiary alicyclic amines) is 1. The number of aromatic nitrogens is 4. The monoisotopic (exact) mass is 404 g/mol. The molecule has 0 amide bonds. The summed E-state index contributed by atoms with van der Waals surface area (Å²) in [6.07, 6.45) is 6.38. The number of benzene rings is 1. The third-order valence-electron chi connectivity index (χ3n) is 7.11. The third kappa shape index (κ3) is 3.12. The number of nitrogens with one attached hydrogen (secondary N) is 1. The number of aromatic amines is 1. The first-order chi connectivity index (χ1) is 14.5. The Kier molecular flexibility index (Phi) is 3.87. The molecule has 7 heteroatoms. The maximum Gasteiger partial charge on any atom is 0.132 e. The molecule has 6 rings (SSSR count). The smallest absolute Gasteiger partial charge is 0.132 e. The molecule has 4 heterocycles. The van der Waals surface area contributed by atoms with Gasteiger partial charge in [0.05, 0.1) is 16.9 Å². The molecule has 1 saturated carbocycles. The molecule has 3 aromatic rings. The fraction of sp³-hybridized carbons (Fsp3) is 0.522. The van der Waals surface area contributed by atoms with Crippen molar-refractivity contribution in [2.24, 2.45) is 5.41 Å². The van der Waals surface area contributed by atoms with Crippen LogP contribution in [0.25, 0.3) is 22.3 Å². The lowest BCUT2D eigenvalue weighted by Gasteiger charge is -2.53. The number of hydrogen-bond acceptors (Lipinski definition) is 6. The summed E-state index contributed by atoms with van der Waals surface area (Å²) in [5, 5.41) is 8.70. The number of anilines is 1. The van der Waals surface area contributed by atoms with E-state index in [1.807, 2.05) is 12.1 Å². The quantitative estimate of drug-likeness (QED) is 0.718. The molecule has 0 radical (unpaired) electrons. The second-order valence-electron chi connectivity index (χ2n) is 9.75. The Morgan fingerprint density at radius 1 is 1.03 bits per heavy atom. The number of ether oxygens (including phenoxy) is 1. The van der Waals surface area contributed by atoms with E-state index in [0.29, 0.717) is 5.41 Å². The highest BCUT2D eigenvalue weighted by molar-refractivity contribution is 5.93. The van der Waals surface area contributed by atoms with Crippen LogP contribution in [0.5, 0.6) is 5.75 Å². The van der Waals surface area contributed by atoms with Crippen LogP contribution in [0.15, 0.2) is 30.6 Å². The highest BCUT2D eigenvalue weighted by atomic mass is 16.5. The fourth-order valence-corrected chi connectivity index (χ4v) is 5.09. The van der Waals surface area contributed by atoms with Gasteiger partial charge in [-0.1, -0.05) is 0 Å². The number of fused-ring (bicyclic) bond motifs is 1. The van der Waals surface area contributed by atoms with Gasteiger partial charge >= 0.3 is 0 Å². The van der Waals surface area contributed by atoms with Crippen LogP contribution in [0, 0.1) is 5.41 Å². The summed E-state index contributed by atoms with van der Waals surface area (Å²) in [4.78, 5) is 14.0. The van der Waals surface area contributed by atoms with Crippen LogP contribution in [0.4, 0.5) is 5.82 Å². The second-order valence-corrected chi connectivity index (χ2v) is 9.75. The van der Waals surface area contributed by atoms with Crippen molar-refractivity contribution in [1.82, 2.24) is 25.1 Å². The molecule has 2 saturated heterocycles. The minimum Gasteiger partial charge on any atom is -0.488 e. The van der Waals surface area contributed by atoms with Crippen molar-refractivity contribution in [2.45, 2.75) is 38.2 Å². The molecule has 7 nitrogen and oxygen atoms in total. The lowest BCUT2D eigenvalue weighted by molar-refractivity contribution is 0.00121. The van der Waals surface area contributed by atoms with E-state index in [1.54, 1.807) is 6.33 Å². The molecule has 0 bridgehead atoms. The van der Waals surface area contributed by atoms with Crippen molar-refractivity contribution in [3.8, 4) is 17.1 Å². The van der Waals surface area contributed by atoms with Gasteiger partial charge in [-0.05, 0) is 63.3 Å². The number of H-pyrrole nitrogens is 1. The normalized spacial score (nSPS) is 22.3. The van der Waals surface area contributed by atoms with E-state index in [-0.39, 0.29) is 5.60 Å². The molecule has 2 aromatic heterocycles. The van der Waals surface area contributed by atoms with Gasteiger partial charge < -0.3 is 14.5 Å². The Morgan fingerprint density at radius 3 is 2.57 bits per heavy atom. The molecule has 3 fully saturated rings. The maximum absolute atomic E-state index is 6.16. The Labute approximate surface area is 176 Å². The Morgan fingerprint density at radius 2 is 1.83 bits per heavy atom. The lowest BCUT2D eigenvalue weighted by Crippen LogP contribution is -2.58. The van der Waals surface area contributed by atoms with Gasteiger partial charge in [-0.2, -0.15) is 5.10 Å². The summed E-state index contributed by atoms with van der Waals surface area (Å²) >= 11 is 0. The lowest BCUT2D eigenvalue weighted by atomic mass is 9.72.